The lowest BCUT2D eigenvalue weighted by molar-refractivity contribution is -0.281. The van der Waals surface area contributed by atoms with Crippen LogP contribution < -0.4 is 16.8 Å². The van der Waals surface area contributed by atoms with Crippen molar-refractivity contribution >= 4 is 63.9 Å². The normalized spacial score (nSPS) is 24.3. The highest BCUT2D eigenvalue weighted by Crippen LogP contribution is 2.53. The minimum absolute atomic E-state index is 0. The van der Waals surface area contributed by atoms with Gasteiger partial charge in [0.25, 0.3) is 0 Å². The van der Waals surface area contributed by atoms with Crippen LogP contribution in [0, 0.1) is 59.2 Å². The number of benzene rings is 2. The first-order valence-electron chi connectivity index (χ1n) is 48.9. The molecule has 3 fully saturated rings. The molecule has 30 nitrogen and oxygen atoms in total. The molecular formula is C103H163N5O25. The van der Waals surface area contributed by atoms with E-state index in [4.69, 9.17) is 35.2 Å². The molecule has 3 saturated heterocycles. The Morgan fingerprint density at radius 3 is 1.77 bits per heavy atom. The monoisotopic (exact) mass is 1870 g/mol. The van der Waals surface area contributed by atoms with Gasteiger partial charge >= 0.3 is 29.8 Å². The third-order valence-electron chi connectivity index (χ3n) is 27.5. The molecule has 6 heterocycles. The molecule has 5 aliphatic heterocycles. The van der Waals surface area contributed by atoms with Gasteiger partial charge in [-0.15, -0.1) is 0 Å². The number of carbonyl (C=O) groups excluding carboxylic acids is 6. The number of aliphatic hydroxyl groups excluding tert-OH is 9. The number of ether oxygens (including phenoxy) is 5. The second-order valence-corrected chi connectivity index (χ2v) is 39.2. The number of allylic oxidation sites excluding steroid dienone is 2. The number of rotatable bonds is 52. The number of unbranched alkanes of at least 4 members (excludes halogenated alkanes) is 4. The summed E-state index contributed by atoms with van der Waals surface area (Å²) in [5, 5.41) is 126. The average molecular weight is 1870 g/mol. The van der Waals surface area contributed by atoms with Crippen molar-refractivity contribution in [3.63, 3.8) is 0 Å². The van der Waals surface area contributed by atoms with Crippen molar-refractivity contribution in [1.82, 2.24) is 15.2 Å². The van der Waals surface area contributed by atoms with Gasteiger partial charge in [0.15, 0.2) is 11.6 Å². The highest BCUT2D eigenvalue weighted by atomic mass is 16.7. The second kappa shape index (κ2) is 55.5. The van der Waals surface area contributed by atoms with Crippen molar-refractivity contribution in [2.45, 2.75) is 392 Å². The van der Waals surface area contributed by atoms with Crippen LogP contribution in [0.2, 0.25) is 0 Å². The van der Waals surface area contributed by atoms with Gasteiger partial charge in [-0.2, -0.15) is 0 Å². The molecule has 7 aliphatic rings. The van der Waals surface area contributed by atoms with E-state index >= 15 is 0 Å². The standard InChI is InChI=1S/C37H67NO12.C34H35N3O5.C23H49NO5.C8H8O3.CH4/c1-7-9-12-25(5)37(50-36(48)21-27(19-33(43)44)20-34(45)46)32(49-35(47)18-23(3)15-26(6)39)17-24(4)16-28(40)13-10-11-14-29(41)22-31(42)30(38)8-2;1-33(36-31(39)21-13-12-20-16-22-18-35-26-10-5-9-23(28(22)26)24(20)17-21)30(38)29-25(15-19-7-3-2-4-8-19)32(40)37-14-6-11-27(37)34(29,41)42-33;1-5-7-10-17(4)23(29)22(28)14-16(3)13-18(25)11-8-9-12-19(26)15-21(27)20(24)6-2;1-5-6-4-8(9)11-7(6)2-3-10-5;/h23-25,27-32,37,39-42H,6-22,38H2,1-5H3,(H,43,44)(H,45,46);2-5,7-10,17-18,20-21,25,27,29,35,41H,6,11-16H2,1H3,(H,36,39);16-23,25-29H,5-15,24H2,1-4H3;2,4-5H,3H2,1H3;1H4/t;20-,21+,25-,27?,29?,33-,34+;;;/m.1.../s1. The summed E-state index contributed by atoms with van der Waals surface area (Å²) in [6.45, 7) is 25.4. The van der Waals surface area contributed by atoms with Crippen LogP contribution in [0.3, 0.4) is 0 Å². The maximum absolute atomic E-state index is 14.2. The molecule has 0 bridgehead atoms. The average Bonchev–Trinajstić information content (AvgIpc) is 1.54. The predicted octanol–water partition coefficient (Wildman–Crippen LogP) is 13.1. The number of carboxylic acid groups (broad SMARTS) is 2. The van der Waals surface area contributed by atoms with E-state index in [0.29, 0.717) is 128 Å². The minimum atomic E-state index is -1.86. The number of aromatic nitrogens is 1. The molecule has 18 N–H and O–H groups in total. The molecule has 25 atom stereocenters. The van der Waals surface area contributed by atoms with Crippen LogP contribution >= 0.6 is 0 Å². The lowest BCUT2D eigenvalue weighted by Gasteiger charge is -2.46. The highest BCUT2D eigenvalue weighted by molar-refractivity contribution is 6.02. The topological polar surface area (TPSA) is 509 Å². The van der Waals surface area contributed by atoms with Gasteiger partial charge in [0, 0.05) is 92.3 Å². The van der Waals surface area contributed by atoms with Crippen LogP contribution in [0.1, 0.15) is 299 Å². The second-order valence-electron chi connectivity index (χ2n) is 39.2. The van der Waals surface area contributed by atoms with E-state index in [1.54, 1.807) is 24.8 Å². The van der Waals surface area contributed by atoms with E-state index in [1.165, 1.54) is 28.2 Å². The summed E-state index contributed by atoms with van der Waals surface area (Å²) in [5.74, 6) is -9.58. The number of piperidine rings is 1. The number of hydrogen-bond acceptors (Lipinski definition) is 25. The Labute approximate surface area is 787 Å². The SMILES string of the molecule is C.C=C(O)CC(C)CC(=O)OC(CC(C)CC(O)CCCCC(O)CC(O)C(N)CC)C(OC(=O)CC(CC(=O)O)CC(=O)O)C(C)CCCC.CC1OCC=C2OC(=O)C=C21.CCCCC(C)C(O)C(O)CC(C)CC(O)CCCCC(O)CC(O)C(N)CC.C[C@@]1(NC(=O)[C@@H]2C=C3c4cccc5[nH]cc(c45)C[C@H]3CC2)O[C@]2(O)C(C1=O)[C@@H](Cc1ccccc1)C(=O)N1CCCC12. The van der Waals surface area contributed by atoms with Gasteiger partial charge in [0.2, 0.25) is 17.5 Å². The van der Waals surface area contributed by atoms with Gasteiger partial charge in [-0.1, -0.05) is 176 Å². The molecule has 2 amide bonds. The van der Waals surface area contributed by atoms with E-state index in [1.807, 2.05) is 91.8 Å². The maximum atomic E-state index is 14.2. The number of carbonyl (C=O) groups is 8. The van der Waals surface area contributed by atoms with Gasteiger partial charge in [-0.3, -0.25) is 33.6 Å². The van der Waals surface area contributed by atoms with Gasteiger partial charge in [0.1, 0.15) is 18.0 Å². The van der Waals surface area contributed by atoms with Crippen molar-refractivity contribution < 1.29 is 123 Å². The first-order valence-corrected chi connectivity index (χ1v) is 48.9. The van der Waals surface area contributed by atoms with Crippen LogP contribution in [0.25, 0.3) is 16.5 Å². The first-order chi connectivity index (χ1) is 62.5. The fourth-order valence-electron chi connectivity index (χ4n) is 20.0. The zero-order valence-electron chi connectivity index (χ0n) is 80.0. The third-order valence-corrected chi connectivity index (χ3v) is 27.5. The lowest BCUT2D eigenvalue weighted by Crippen LogP contribution is -2.64. The van der Waals surface area contributed by atoms with Gasteiger partial charge in [-0.25, -0.2) is 4.79 Å². The zero-order chi connectivity index (χ0) is 97.4. The molecule has 750 valence electrons. The molecule has 133 heavy (non-hydrogen) atoms. The van der Waals surface area contributed by atoms with Crippen LogP contribution in [-0.4, -0.2) is 229 Å². The number of Topliss-reactive ketones (excluding diaryl/α,β-unsaturated/α-hetero) is 1. The Morgan fingerprint density at radius 2 is 1.21 bits per heavy atom. The first kappa shape index (κ1) is 114. The highest BCUT2D eigenvalue weighted by Gasteiger charge is 2.71. The number of carboxylic acids is 2. The smallest absolute Gasteiger partial charge is 0.336 e. The van der Waals surface area contributed by atoms with Gasteiger partial charge in [0.05, 0.1) is 91.1 Å². The zero-order valence-corrected chi connectivity index (χ0v) is 80.0. The van der Waals surface area contributed by atoms with Crippen LogP contribution in [0.15, 0.2) is 96.6 Å². The number of fused-ring (bicyclic) bond motifs is 6. The number of hydrogen-bond donors (Lipinski definition) is 16. The van der Waals surface area contributed by atoms with Crippen molar-refractivity contribution in [3.8, 4) is 0 Å². The van der Waals surface area contributed by atoms with Crippen LogP contribution in [-0.2, 0) is 74.9 Å². The van der Waals surface area contributed by atoms with Crippen LogP contribution in [0.4, 0.5) is 0 Å². The number of esters is 3. The minimum Gasteiger partial charge on any atom is -0.513 e. The van der Waals surface area contributed by atoms with Crippen molar-refractivity contribution in [2.24, 2.45) is 70.6 Å². The molecule has 0 spiro atoms. The Bertz CT molecular complexity index is 4230. The Hall–Kier alpha value is -7.82. The molecule has 30 heteroatoms. The molecule has 1 aromatic heterocycles. The van der Waals surface area contributed by atoms with E-state index in [-0.39, 0.29) is 104 Å². The Balaban J connectivity index is 0.000000295. The van der Waals surface area contributed by atoms with Crippen molar-refractivity contribution in [3.05, 3.63) is 113 Å². The number of nitrogens with zero attached hydrogens (tertiary/aromatic N) is 1. The van der Waals surface area contributed by atoms with E-state index in [9.17, 15) is 99.6 Å². The summed E-state index contributed by atoms with van der Waals surface area (Å²) in [5.41, 5.74) is 16.4. The Kier molecular flexibility index (Phi) is 47.6. The molecule has 2 aliphatic carbocycles. The number of aromatic amines is 1. The van der Waals surface area contributed by atoms with E-state index < -0.39 is 151 Å². The quantitative estimate of drug-likeness (QED) is 0.0108. The summed E-state index contributed by atoms with van der Waals surface area (Å²) in [7, 11) is 0. The predicted molar refractivity (Wildman–Crippen MR) is 508 cm³/mol. The lowest BCUT2D eigenvalue weighted by atomic mass is 9.71. The summed E-state index contributed by atoms with van der Waals surface area (Å²) in [6.07, 6.45) is 17.0. The number of nitrogens with two attached hydrogens (primary N) is 2. The number of aliphatic carboxylic acids is 2. The summed E-state index contributed by atoms with van der Waals surface area (Å²) < 4.78 is 28.3. The van der Waals surface area contributed by atoms with Crippen molar-refractivity contribution in [1.29, 1.82) is 0 Å². The fourth-order valence-corrected chi connectivity index (χ4v) is 20.0. The number of amides is 2. The Morgan fingerprint density at radius 1 is 0.647 bits per heavy atom. The molecule has 10 rings (SSSR count). The molecular weight excluding hydrogens is 1710 g/mol. The number of aliphatic hydroxyl groups is 10. The number of H-pyrrole nitrogens is 1. The third kappa shape index (κ3) is 34.7. The molecule has 0 saturated carbocycles. The summed E-state index contributed by atoms with van der Waals surface area (Å²) in [6, 6.07) is 14.5. The van der Waals surface area contributed by atoms with Gasteiger partial charge in [-0.05, 0) is 205 Å². The van der Waals surface area contributed by atoms with Gasteiger partial charge < -0.3 is 112 Å². The van der Waals surface area contributed by atoms with Crippen LogP contribution in [0.5, 0.6) is 0 Å². The van der Waals surface area contributed by atoms with E-state index in [0.717, 1.165) is 80.9 Å². The molecule has 0 radical (unpaired) electrons. The summed E-state index contributed by atoms with van der Waals surface area (Å²) in [4.78, 5) is 107. The maximum Gasteiger partial charge on any atom is 0.336 e. The van der Waals surface area contributed by atoms with Crippen molar-refractivity contribution in [2.75, 3.05) is 13.2 Å². The largest absolute Gasteiger partial charge is 0.513 e. The molecule has 3 aromatic rings. The molecule has 20 unspecified atom stereocenters. The molecule has 2 aromatic carbocycles. The van der Waals surface area contributed by atoms with E-state index in [2.05, 4.69) is 48.2 Å². The number of nitrogens with one attached hydrogen (secondary N) is 2. The fraction of sp³-hybridized carbons (Fsp3) is 0.709. The number of ketones is 1. The summed E-state index contributed by atoms with van der Waals surface area (Å²) >= 11 is 0.